The van der Waals surface area contributed by atoms with Gasteiger partial charge in [0.1, 0.15) is 5.82 Å². The lowest BCUT2D eigenvalue weighted by Crippen LogP contribution is -2.38. The molecule has 0 spiro atoms. The zero-order chi connectivity index (χ0) is 12.3. The second kappa shape index (κ2) is 5.50. The second-order valence-corrected chi connectivity index (χ2v) is 4.84. The van der Waals surface area contributed by atoms with Crippen LogP contribution < -0.4 is 10.2 Å². The van der Waals surface area contributed by atoms with E-state index in [1.807, 2.05) is 13.1 Å². The fourth-order valence-corrected chi connectivity index (χ4v) is 2.62. The molecule has 3 heteroatoms. The van der Waals surface area contributed by atoms with Gasteiger partial charge in [-0.25, -0.2) is 4.39 Å². The summed E-state index contributed by atoms with van der Waals surface area (Å²) in [6.45, 7) is 4.06. The molecule has 2 nitrogen and oxygen atoms in total. The van der Waals surface area contributed by atoms with Crippen LogP contribution in [0.4, 0.5) is 10.1 Å². The van der Waals surface area contributed by atoms with E-state index in [0.717, 1.165) is 18.7 Å². The van der Waals surface area contributed by atoms with Crippen molar-refractivity contribution in [2.75, 3.05) is 18.5 Å². The molecule has 17 heavy (non-hydrogen) atoms. The summed E-state index contributed by atoms with van der Waals surface area (Å²) in [5, 5.41) is 3.11. The molecule has 1 aliphatic rings. The second-order valence-electron chi connectivity index (χ2n) is 4.84. The van der Waals surface area contributed by atoms with Gasteiger partial charge >= 0.3 is 0 Å². The third-order valence-electron chi connectivity index (χ3n) is 3.52. The zero-order valence-corrected chi connectivity index (χ0v) is 10.7. The summed E-state index contributed by atoms with van der Waals surface area (Å²) in [5.41, 5.74) is 2.24. The number of nitrogens with one attached hydrogen (secondary N) is 1. The summed E-state index contributed by atoms with van der Waals surface area (Å²) < 4.78 is 13.3. The van der Waals surface area contributed by atoms with Crippen molar-refractivity contribution in [3.63, 3.8) is 0 Å². The lowest BCUT2D eigenvalue weighted by atomic mass is 10.0. The van der Waals surface area contributed by atoms with E-state index in [-0.39, 0.29) is 5.82 Å². The van der Waals surface area contributed by atoms with Crippen LogP contribution in [0.15, 0.2) is 18.2 Å². The van der Waals surface area contributed by atoms with Crippen LogP contribution in [-0.2, 0) is 6.54 Å². The van der Waals surface area contributed by atoms with Crippen LogP contribution in [0.3, 0.4) is 0 Å². The maximum absolute atomic E-state index is 13.3. The van der Waals surface area contributed by atoms with Gasteiger partial charge in [-0.3, -0.25) is 0 Å². The molecule has 1 aromatic carbocycles. The Kier molecular flexibility index (Phi) is 4.00. The van der Waals surface area contributed by atoms with E-state index in [9.17, 15) is 4.39 Å². The third-order valence-corrected chi connectivity index (χ3v) is 3.52. The average Bonchev–Trinajstić information content (AvgIpc) is 2.31. The Labute approximate surface area is 103 Å². The van der Waals surface area contributed by atoms with Gasteiger partial charge in [-0.05, 0) is 57.0 Å². The van der Waals surface area contributed by atoms with Gasteiger partial charge < -0.3 is 10.2 Å². The molecule has 1 N–H and O–H groups in total. The summed E-state index contributed by atoms with van der Waals surface area (Å²) in [5.74, 6) is -0.149. The maximum atomic E-state index is 13.3. The first-order valence-electron chi connectivity index (χ1n) is 6.42. The van der Waals surface area contributed by atoms with E-state index in [4.69, 9.17) is 0 Å². The molecule has 0 amide bonds. The Morgan fingerprint density at radius 2 is 2.24 bits per heavy atom. The molecule has 0 aliphatic carbocycles. The molecule has 1 aromatic rings. The Morgan fingerprint density at radius 3 is 2.94 bits per heavy atom. The third kappa shape index (κ3) is 2.78. The SMILES string of the molecule is CNCc1cc(F)ccc1N1CCCCC1C. The van der Waals surface area contributed by atoms with E-state index in [1.54, 1.807) is 12.1 Å². The van der Waals surface area contributed by atoms with Crippen molar-refractivity contribution >= 4 is 5.69 Å². The topological polar surface area (TPSA) is 15.3 Å². The Hall–Kier alpha value is -1.09. The highest BCUT2D eigenvalue weighted by molar-refractivity contribution is 5.55. The van der Waals surface area contributed by atoms with Gasteiger partial charge in [0.05, 0.1) is 0 Å². The van der Waals surface area contributed by atoms with E-state index in [1.165, 1.54) is 24.9 Å². The van der Waals surface area contributed by atoms with Gasteiger partial charge in [-0.2, -0.15) is 0 Å². The molecule has 1 fully saturated rings. The standard InChI is InChI=1S/C14H21FN2/c1-11-5-3-4-8-17(11)14-7-6-13(15)9-12(14)10-16-2/h6-7,9,11,16H,3-5,8,10H2,1-2H3. The molecule has 1 unspecified atom stereocenters. The van der Waals surface area contributed by atoms with Crippen LogP contribution in [0.2, 0.25) is 0 Å². The monoisotopic (exact) mass is 236 g/mol. The van der Waals surface area contributed by atoms with Gasteiger partial charge in [0.15, 0.2) is 0 Å². The molecule has 0 bridgehead atoms. The number of benzene rings is 1. The number of rotatable bonds is 3. The van der Waals surface area contributed by atoms with Crippen molar-refractivity contribution in [1.82, 2.24) is 5.32 Å². The molecule has 1 atom stereocenters. The number of hydrogen-bond donors (Lipinski definition) is 1. The Morgan fingerprint density at radius 1 is 1.41 bits per heavy atom. The molecule has 1 heterocycles. The molecule has 0 radical (unpaired) electrons. The van der Waals surface area contributed by atoms with Gasteiger partial charge in [-0.1, -0.05) is 0 Å². The molecule has 0 saturated carbocycles. The van der Waals surface area contributed by atoms with Gasteiger partial charge in [-0.15, -0.1) is 0 Å². The van der Waals surface area contributed by atoms with Crippen LogP contribution in [0.1, 0.15) is 31.7 Å². The molecule has 0 aromatic heterocycles. The predicted octanol–water partition coefficient (Wildman–Crippen LogP) is 2.92. The highest BCUT2D eigenvalue weighted by Gasteiger charge is 2.20. The first-order chi connectivity index (χ1) is 8.22. The van der Waals surface area contributed by atoms with Gasteiger partial charge in [0.2, 0.25) is 0 Å². The van der Waals surface area contributed by atoms with Crippen molar-refractivity contribution in [3.8, 4) is 0 Å². The highest BCUT2D eigenvalue weighted by Crippen LogP contribution is 2.28. The first-order valence-corrected chi connectivity index (χ1v) is 6.42. The smallest absolute Gasteiger partial charge is 0.123 e. The summed E-state index contributed by atoms with van der Waals surface area (Å²) in [6, 6.07) is 5.69. The average molecular weight is 236 g/mol. The summed E-state index contributed by atoms with van der Waals surface area (Å²) in [4.78, 5) is 2.41. The molecule has 94 valence electrons. The number of piperidine rings is 1. The minimum atomic E-state index is -0.149. The lowest BCUT2D eigenvalue weighted by molar-refractivity contribution is 0.483. The Bertz CT molecular complexity index is 378. The minimum absolute atomic E-state index is 0.149. The van der Waals surface area contributed by atoms with Crippen molar-refractivity contribution in [2.24, 2.45) is 0 Å². The quantitative estimate of drug-likeness (QED) is 0.868. The van der Waals surface area contributed by atoms with Crippen LogP contribution in [-0.4, -0.2) is 19.6 Å². The molecule has 1 saturated heterocycles. The van der Waals surface area contributed by atoms with Crippen LogP contribution >= 0.6 is 0 Å². The number of halogens is 1. The summed E-state index contributed by atoms with van der Waals surface area (Å²) in [7, 11) is 1.90. The fourth-order valence-electron chi connectivity index (χ4n) is 2.62. The minimum Gasteiger partial charge on any atom is -0.369 e. The number of nitrogens with zero attached hydrogens (tertiary/aromatic N) is 1. The van der Waals surface area contributed by atoms with Crippen LogP contribution in [0, 0.1) is 5.82 Å². The lowest BCUT2D eigenvalue weighted by Gasteiger charge is -2.36. The van der Waals surface area contributed by atoms with E-state index >= 15 is 0 Å². The van der Waals surface area contributed by atoms with E-state index in [0.29, 0.717) is 6.04 Å². The zero-order valence-electron chi connectivity index (χ0n) is 10.7. The molecular formula is C14H21FN2. The largest absolute Gasteiger partial charge is 0.369 e. The van der Waals surface area contributed by atoms with E-state index < -0.39 is 0 Å². The van der Waals surface area contributed by atoms with Crippen molar-refractivity contribution in [2.45, 2.75) is 38.8 Å². The van der Waals surface area contributed by atoms with Crippen molar-refractivity contribution in [3.05, 3.63) is 29.6 Å². The normalized spacial score (nSPS) is 20.6. The van der Waals surface area contributed by atoms with Gasteiger partial charge in [0, 0.05) is 24.8 Å². The van der Waals surface area contributed by atoms with Crippen molar-refractivity contribution in [1.29, 1.82) is 0 Å². The summed E-state index contributed by atoms with van der Waals surface area (Å²) in [6.07, 6.45) is 3.78. The molecule has 1 aliphatic heterocycles. The Balaban J connectivity index is 2.29. The predicted molar refractivity (Wildman–Crippen MR) is 69.8 cm³/mol. The van der Waals surface area contributed by atoms with E-state index in [2.05, 4.69) is 17.1 Å². The maximum Gasteiger partial charge on any atom is 0.123 e. The van der Waals surface area contributed by atoms with Gasteiger partial charge in [0.25, 0.3) is 0 Å². The number of hydrogen-bond acceptors (Lipinski definition) is 2. The fraction of sp³-hybridized carbons (Fsp3) is 0.571. The molecular weight excluding hydrogens is 215 g/mol. The van der Waals surface area contributed by atoms with Crippen LogP contribution in [0.25, 0.3) is 0 Å². The highest BCUT2D eigenvalue weighted by atomic mass is 19.1. The van der Waals surface area contributed by atoms with Crippen LogP contribution in [0.5, 0.6) is 0 Å². The molecule has 2 rings (SSSR count). The number of anilines is 1. The van der Waals surface area contributed by atoms with Crippen molar-refractivity contribution < 1.29 is 4.39 Å². The summed E-state index contributed by atoms with van der Waals surface area (Å²) >= 11 is 0. The first kappa shape index (κ1) is 12.4.